The van der Waals surface area contributed by atoms with Crippen molar-refractivity contribution in [2.75, 3.05) is 6.61 Å². The second-order valence-electron chi connectivity index (χ2n) is 7.47. The van der Waals surface area contributed by atoms with Crippen molar-refractivity contribution in [3.63, 3.8) is 0 Å². The smallest absolute Gasteiger partial charge is 0.119 e. The molecule has 2 aromatic carbocycles. The Balaban J connectivity index is 0.00000210. The molecule has 27 heavy (non-hydrogen) atoms. The van der Waals surface area contributed by atoms with Crippen molar-refractivity contribution in [3.05, 3.63) is 59.4 Å². The molecule has 1 aliphatic rings. The third kappa shape index (κ3) is 4.12. The Morgan fingerprint density at radius 1 is 1.11 bits per heavy atom. The standard InChI is InChI=1S/C22H26N2O2.ClH/c1-15(2)22-23-20-8-3-4-9-21(20)24(22)13-18(25)14-26-19-11-10-16-6-5-7-17(16)12-19;/h3-4,8-12,15,18,25H,5-7,13-14H2,1-2H3;1H. The van der Waals surface area contributed by atoms with Crippen LogP contribution in [0.2, 0.25) is 0 Å². The number of para-hydroxylation sites is 2. The molecule has 0 saturated carbocycles. The number of nitrogens with zero attached hydrogens (tertiary/aromatic N) is 2. The number of fused-ring (bicyclic) bond motifs is 2. The second-order valence-corrected chi connectivity index (χ2v) is 7.47. The number of hydrogen-bond acceptors (Lipinski definition) is 3. The van der Waals surface area contributed by atoms with Crippen LogP contribution in [0.15, 0.2) is 42.5 Å². The van der Waals surface area contributed by atoms with Gasteiger partial charge in [-0.25, -0.2) is 4.98 Å². The van der Waals surface area contributed by atoms with Gasteiger partial charge in [-0.2, -0.15) is 0 Å². The van der Waals surface area contributed by atoms with Gasteiger partial charge in [-0.05, 0) is 54.7 Å². The molecular formula is C22H27ClN2O2. The molecule has 5 heteroatoms. The average Bonchev–Trinajstić information content (AvgIpc) is 3.24. The number of imidazole rings is 1. The number of aryl methyl sites for hydroxylation is 2. The van der Waals surface area contributed by atoms with Gasteiger partial charge in [-0.1, -0.05) is 32.0 Å². The lowest BCUT2D eigenvalue weighted by Gasteiger charge is -2.17. The first-order chi connectivity index (χ1) is 12.6. The third-order valence-corrected chi connectivity index (χ3v) is 5.11. The van der Waals surface area contributed by atoms with E-state index in [0.29, 0.717) is 12.5 Å². The van der Waals surface area contributed by atoms with Crippen LogP contribution in [-0.2, 0) is 19.4 Å². The van der Waals surface area contributed by atoms with Crippen molar-refractivity contribution in [1.29, 1.82) is 0 Å². The first kappa shape index (κ1) is 19.7. The predicted molar refractivity (Wildman–Crippen MR) is 111 cm³/mol. The van der Waals surface area contributed by atoms with Gasteiger partial charge < -0.3 is 14.4 Å². The van der Waals surface area contributed by atoms with Crippen LogP contribution in [0.25, 0.3) is 11.0 Å². The van der Waals surface area contributed by atoms with Gasteiger partial charge in [0.2, 0.25) is 0 Å². The van der Waals surface area contributed by atoms with E-state index in [2.05, 4.69) is 36.6 Å². The van der Waals surface area contributed by atoms with Crippen molar-refractivity contribution < 1.29 is 9.84 Å². The molecule has 1 heterocycles. The predicted octanol–water partition coefficient (Wildman–Crippen LogP) is 4.51. The lowest BCUT2D eigenvalue weighted by atomic mass is 10.1. The van der Waals surface area contributed by atoms with Crippen molar-refractivity contribution in [2.45, 2.75) is 51.7 Å². The number of aliphatic hydroxyl groups excluding tert-OH is 1. The first-order valence-corrected chi connectivity index (χ1v) is 9.49. The molecule has 0 aliphatic heterocycles. The van der Waals surface area contributed by atoms with Gasteiger partial charge in [0.05, 0.1) is 17.6 Å². The highest BCUT2D eigenvalue weighted by Gasteiger charge is 2.17. The summed E-state index contributed by atoms with van der Waals surface area (Å²) in [6.07, 6.45) is 2.95. The number of aromatic nitrogens is 2. The fourth-order valence-corrected chi connectivity index (χ4v) is 3.82. The molecule has 1 atom stereocenters. The summed E-state index contributed by atoms with van der Waals surface area (Å²) in [6, 6.07) is 14.4. The number of benzene rings is 2. The van der Waals surface area contributed by atoms with E-state index in [1.165, 1.54) is 24.0 Å². The molecule has 0 saturated heterocycles. The molecule has 1 unspecified atom stereocenters. The normalized spacial score (nSPS) is 14.2. The Labute approximate surface area is 166 Å². The number of hydrogen-bond donors (Lipinski definition) is 1. The number of ether oxygens (including phenoxy) is 1. The first-order valence-electron chi connectivity index (χ1n) is 9.49. The average molecular weight is 387 g/mol. The molecule has 0 radical (unpaired) electrons. The van der Waals surface area contributed by atoms with Crippen molar-refractivity contribution in [3.8, 4) is 5.75 Å². The van der Waals surface area contributed by atoms with Gasteiger partial charge in [0.1, 0.15) is 24.3 Å². The molecule has 4 nitrogen and oxygen atoms in total. The van der Waals surface area contributed by atoms with E-state index in [1.54, 1.807) is 0 Å². The molecule has 1 N–H and O–H groups in total. The summed E-state index contributed by atoms with van der Waals surface area (Å²) < 4.78 is 7.99. The largest absolute Gasteiger partial charge is 0.491 e. The summed E-state index contributed by atoms with van der Waals surface area (Å²) in [5.74, 6) is 2.15. The number of rotatable bonds is 6. The zero-order valence-corrected chi connectivity index (χ0v) is 16.7. The van der Waals surface area contributed by atoms with Crippen molar-refractivity contribution in [2.24, 2.45) is 0 Å². The van der Waals surface area contributed by atoms with Crippen LogP contribution < -0.4 is 4.74 Å². The van der Waals surface area contributed by atoms with E-state index in [0.717, 1.165) is 29.0 Å². The summed E-state index contributed by atoms with van der Waals surface area (Å²) in [7, 11) is 0. The van der Waals surface area contributed by atoms with Crippen molar-refractivity contribution in [1.82, 2.24) is 9.55 Å². The van der Waals surface area contributed by atoms with Crippen LogP contribution in [0.3, 0.4) is 0 Å². The molecule has 3 aromatic rings. The lowest BCUT2D eigenvalue weighted by molar-refractivity contribution is 0.0925. The highest BCUT2D eigenvalue weighted by Crippen LogP contribution is 2.26. The van der Waals surface area contributed by atoms with Crippen LogP contribution in [0.5, 0.6) is 5.75 Å². The van der Waals surface area contributed by atoms with Gasteiger partial charge >= 0.3 is 0 Å². The second kappa shape index (κ2) is 8.32. The lowest BCUT2D eigenvalue weighted by Crippen LogP contribution is -2.25. The molecular weight excluding hydrogens is 360 g/mol. The van der Waals surface area contributed by atoms with E-state index < -0.39 is 6.10 Å². The Bertz CT molecular complexity index is 920. The Kier molecular flexibility index (Phi) is 6.08. The van der Waals surface area contributed by atoms with Gasteiger partial charge in [-0.3, -0.25) is 0 Å². The summed E-state index contributed by atoms with van der Waals surface area (Å²) in [6.45, 7) is 5.03. The molecule has 0 spiro atoms. The highest BCUT2D eigenvalue weighted by molar-refractivity contribution is 5.85. The SMILES string of the molecule is CC(C)c1nc2ccccc2n1CC(O)COc1ccc2c(c1)CCC2.Cl. The maximum Gasteiger partial charge on any atom is 0.119 e. The maximum absolute atomic E-state index is 10.6. The van der Waals surface area contributed by atoms with Crippen LogP contribution in [0.4, 0.5) is 0 Å². The van der Waals surface area contributed by atoms with Crippen LogP contribution in [0.1, 0.15) is 43.1 Å². The quantitative estimate of drug-likeness (QED) is 0.678. The molecule has 1 aromatic heterocycles. The Morgan fingerprint density at radius 3 is 2.70 bits per heavy atom. The summed E-state index contributed by atoms with van der Waals surface area (Å²) in [5, 5.41) is 10.6. The van der Waals surface area contributed by atoms with Crippen molar-refractivity contribution >= 4 is 23.4 Å². The number of aliphatic hydroxyl groups is 1. The van der Waals surface area contributed by atoms with E-state index in [4.69, 9.17) is 9.72 Å². The Hall–Kier alpha value is -2.04. The van der Waals surface area contributed by atoms with Crippen LogP contribution in [-0.4, -0.2) is 27.4 Å². The fraction of sp³-hybridized carbons (Fsp3) is 0.409. The molecule has 0 bridgehead atoms. The topological polar surface area (TPSA) is 47.3 Å². The number of halogens is 1. The van der Waals surface area contributed by atoms with Gasteiger partial charge in [0.25, 0.3) is 0 Å². The summed E-state index contributed by atoms with van der Waals surface area (Å²) in [4.78, 5) is 4.73. The van der Waals surface area contributed by atoms with Gasteiger partial charge in [-0.15, -0.1) is 12.4 Å². The molecule has 4 rings (SSSR count). The maximum atomic E-state index is 10.6. The van der Waals surface area contributed by atoms with Gasteiger partial charge in [0, 0.05) is 5.92 Å². The third-order valence-electron chi connectivity index (χ3n) is 5.11. The minimum absolute atomic E-state index is 0. The Morgan fingerprint density at radius 2 is 1.89 bits per heavy atom. The fourth-order valence-electron chi connectivity index (χ4n) is 3.82. The minimum atomic E-state index is -0.585. The van der Waals surface area contributed by atoms with Crippen LogP contribution in [0, 0.1) is 0 Å². The zero-order chi connectivity index (χ0) is 18.1. The monoisotopic (exact) mass is 386 g/mol. The zero-order valence-electron chi connectivity index (χ0n) is 15.9. The molecule has 0 fully saturated rings. The molecule has 1 aliphatic carbocycles. The minimum Gasteiger partial charge on any atom is -0.491 e. The van der Waals surface area contributed by atoms with E-state index >= 15 is 0 Å². The summed E-state index contributed by atoms with van der Waals surface area (Å²) >= 11 is 0. The summed E-state index contributed by atoms with van der Waals surface area (Å²) in [5.41, 5.74) is 4.86. The van der Waals surface area contributed by atoms with E-state index in [9.17, 15) is 5.11 Å². The highest BCUT2D eigenvalue weighted by atomic mass is 35.5. The van der Waals surface area contributed by atoms with E-state index in [-0.39, 0.29) is 19.0 Å². The van der Waals surface area contributed by atoms with Crippen LogP contribution >= 0.6 is 12.4 Å². The molecule has 0 amide bonds. The molecule has 144 valence electrons. The van der Waals surface area contributed by atoms with Gasteiger partial charge in [0.15, 0.2) is 0 Å². The van der Waals surface area contributed by atoms with E-state index in [1.807, 2.05) is 24.3 Å².